The fourth-order valence-electron chi connectivity index (χ4n) is 1.85. The molecule has 0 aliphatic rings. The Balaban J connectivity index is 3.12. The first-order valence-electron chi connectivity index (χ1n) is 6.26. The molecule has 2 N–H and O–H groups in total. The van der Waals surface area contributed by atoms with Crippen molar-refractivity contribution in [1.82, 2.24) is 5.32 Å². The summed E-state index contributed by atoms with van der Waals surface area (Å²) < 4.78 is 13.0. The molecule has 0 saturated carbocycles. The van der Waals surface area contributed by atoms with Gasteiger partial charge < -0.3 is 10.4 Å². The molecule has 0 aliphatic carbocycles. The van der Waals surface area contributed by atoms with E-state index in [1.807, 2.05) is 0 Å². The van der Waals surface area contributed by atoms with E-state index in [4.69, 9.17) is 0 Å². The number of amides is 1. The fourth-order valence-corrected chi connectivity index (χ4v) is 1.85. The standard InChI is InChI=1S/C13H17FN2O4/c1-3-13(4-2,8-17)15-12(18)10-6-5-9(14)7-11(10)16(19)20/h5-7,17H,3-4,8H2,1-2H3,(H,15,18). The Bertz CT molecular complexity index is 507. The van der Waals surface area contributed by atoms with Gasteiger partial charge in [0.15, 0.2) is 0 Å². The van der Waals surface area contributed by atoms with Crippen molar-refractivity contribution in [3.05, 3.63) is 39.7 Å². The van der Waals surface area contributed by atoms with E-state index in [9.17, 15) is 24.4 Å². The van der Waals surface area contributed by atoms with Gasteiger partial charge in [-0.15, -0.1) is 0 Å². The highest BCUT2D eigenvalue weighted by Gasteiger charge is 2.30. The van der Waals surface area contributed by atoms with Gasteiger partial charge in [0.1, 0.15) is 11.4 Å². The van der Waals surface area contributed by atoms with Gasteiger partial charge in [-0.1, -0.05) is 13.8 Å². The average molecular weight is 284 g/mol. The number of carbonyl (C=O) groups excluding carboxylic acids is 1. The third-order valence-corrected chi connectivity index (χ3v) is 3.44. The quantitative estimate of drug-likeness (QED) is 0.617. The van der Waals surface area contributed by atoms with Gasteiger partial charge in [-0.05, 0) is 25.0 Å². The van der Waals surface area contributed by atoms with Crippen LogP contribution in [-0.2, 0) is 0 Å². The average Bonchev–Trinajstić information content (AvgIpc) is 2.44. The molecule has 1 aromatic carbocycles. The maximum atomic E-state index is 13.0. The van der Waals surface area contributed by atoms with Crippen molar-refractivity contribution in [2.45, 2.75) is 32.2 Å². The molecule has 20 heavy (non-hydrogen) atoms. The van der Waals surface area contributed by atoms with Crippen LogP contribution >= 0.6 is 0 Å². The van der Waals surface area contributed by atoms with Crippen LogP contribution in [-0.4, -0.2) is 28.1 Å². The summed E-state index contributed by atoms with van der Waals surface area (Å²) >= 11 is 0. The Kier molecular flexibility index (Phi) is 5.15. The molecule has 0 saturated heterocycles. The minimum Gasteiger partial charge on any atom is -0.394 e. The van der Waals surface area contributed by atoms with Crippen molar-refractivity contribution < 1.29 is 19.2 Å². The number of nitrogens with zero attached hydrogens (tertiary/aromatic N) is 1. The number of hydrogen-bond donors (Lipinski definition) is 2. The van der Waals surface area contributed by atoms with Gasteiger partial charge >= 0.3 is 0 Å². The number of carbonyl (C=O) groups is 1. The molecule has 110 valence electrons. The number of nitro benzene ring substituents is 1. The minimum atomic E-state index is -0.834. The lowest BCUT2D eigenvalue weighted by Gasteiger charge is -2.30. The lowest BCUT2D eigenvalue weighted by atomic mass is 9.93. The van der Waals surface area contributed by atoms with E-state index in [2.05, 4.69) is 5.32 Å². The predicted molar refractivity (Wildman–Crippen MR) is 70.9 cm³/mol. The molecule has 0 unspecified atom stereocenters. The molecule has 1 amide bonds. The molecule has 1 rings (SSSR count). The summed E-state index contributed by atoms with van der Waals surface area (Å²) in [4.78, 5) is 22.2. The maximum absolute atomic E-state index is 13.0. The molecule has 6 nitrogen and oxygen atoms in total. The largest absolute Gasteiger partial charge is 0.394 e. The number of aliphatic hydroxyl groups excluding tert-OH is 1. The monoisotopic (exact) mass is 284 g/mol. The van der Waals surface area contributed by atoms with E-state index in [0.717, 1.165) is 12.1 Å². The van der Waals surface area contributed by atoms with E-state index in [1.54, 1.807) is 13.8 Å². The van der Waals surface area contributed by atoms with Crippen LogP contribution in [0.25, 0.3) is 0 Å². The number of nitro groups is 1. The first-order chi connectivity index (χ1) is 9.39. The van der Waals surface area contributed by atoms with Crippen LogP contribution in [0, 0.1) is 15.9 Å². The molecular weight excluding hydrogens is 267 g/mol. The Morgan fingerprint density at radius 1 is 1.45 bits per heavy atom. The maximum Gasteiger partial charge on any atom is 0.285 e. The zero-order valence-corrected chi connectivity index (χ0v) is 11.4. The van der Waals surface area contributed by atoms with Crippen molar-refractivity contribution in [1.29, 1.82) is 0 Å². The minimum absolute atomic E-state index is 0.226. The predicted octanol–water partition coefficient (Wildman–Crippen LogP) is 2.01. The van der Waals surface area contributed by atoms with Crippen LogP contribution in [0.15, 0.2) is 18.2 Å². The fraction of sp³-hybridized carbons (Fsp3) is 0.462. The number of benzene rings is 1. The van der Waals surface area contributed by atoms with Crippen LogP contribution in [0.3, 0.4) is 0 Å². The summed E-state index contributed by atoms with van der Waals surface area (Å²) in [6.07, 6.45) is 0.946. The highest BCUT2D eigenvalue weighted by molar-refractivity contribution is 5.98. The van der Waals surface area contributed by atoms with E-state index in [0.29, 0.717) is 18.9 Å². The second-order valence-corrected chi connectivity index (χ2v) is 4.52. The molecule has 0 spiro atoms. The number of halogens is 1. The Morgan fingerprint density at radius 2 is 2.05 bits per heavy atom. The highest BCUT2D eigenvalue weighted by atomic mass is 19.1. The molecule has 0 atom stereocenters. The van der Waals surface area contributed by atoms with Gasteiger partial charge in [0, 0.05) is 0 Å². The van der Waals surface area contributed by atoms with Crippen LogP contribution in [0.1, 0.15) is 37.0 Å². The lowest BCUT2D eigenvalue weighted by Crippen LogP contribution is -2.50. The summed E-state index contributed by atoms with van der Waals surface area (Å²) in [5, 5.41) is 22.8. The third kappa shape index (κ3) is 3.30. The van der Waals surface area contributed by atoms with E-state index >= 15 is 0 Å². The first-order valence-corrected chi connectivity index (χ1v) is 6.26. The van der Waals surface area contributed by atoms with Crippen molar-refractivity contribution in [2.24, 2.45) is 0 Å². The number of nitrogens with one attached hydrogen (secondary N) is 1. The van der Waals surface area contributed by atoms with Crippen molar-refractivity contribution in [2.75, 3.05) is 6.61 Å². The van der Waals surface area contributed by atoms with Crippen LogP contribution in [0.5, 0.6) is 0 Å². The Morgan fingerprint density at radius 3 is 2.50 bits per heavy atom. The zero-order chi connectivity index (χ0) is 15.3. The summed E-state index contributed by atoms with van der Waals surface area (Å²) in [6.45, 7) is 3.30. The summed E-state index contributed by atoms with van der Waals surface area (Å²) in [5.41, 5.74) is -1.66. The normalized spacial score (nSPS) is 11.2. The molecule has 0 heterocycles. The lowest BCUT2D eigenvalue weighted by molar-refractivity contribution is -0.385. The Labute approximate surface area is 115 Å². The summed E-state index contributed by atoms with van der Waals surface area (Å²) in [7, 11) is 0. The van der Waals surface area contributed by atoms with Crippen molar-refractivity contribution in [3.8, 4) is 0 Å². The number of aliphatic hydroxyl groups is 1. The van der Waals surface area contributed by atoms with Crippen molar-refractivity contribution >= 4 is 11.6 Å². The second-order valence-electron chi connectivity index (χ2n) is 4.52. The van der Waals surface area contributed by atoms with Gasteiger partial charge in [-0.3, -0.25) is 14.9 Å². The van der Waals surface area contributed by atoms with Gasteiger partial charge in [-0.2, -0.15) is 0 Å². The van der Waals surface area contributed by atoms with Crippen LogP contribution in [0.2, 0.25) is 0 Å². The topological polar surface area (TPSA) is 92.5 Å². The van der Waals surface area contributed by atoms with E-state index in [1.165, 1.54) is 0 Å². The smallest absolute Gasteiger partial charge is 0.285 e. The molecule has 0 fully saturated rings. The number of rotatable bonds is 6. The van der Waals surface area contributed by atoms with E-state index in [-0.39, 0.29) is 12.2 Å². The molecule has 1 aromatic rings. The van der Waals surface area contributed by atoms with Crippen molar-refractivity contribution in [3.63, 3.8) is 0 Å². The Hall–Kier alpha value is -2.02. The summed E-state index contributed by atoms with van der Waals surface area (Å²) in [5.74, 6) is -1.48. The third-order valence-electron chi connectivity index (χ3n) is 3.44. The molecule has 0 bridgehead atoms. The highest BCUT2D eigenvalue weighted by Crippen LogP contribution is 2.22. The summed E-state index contributed by atoms with van der Waals surface area (Å²) in [6, 6.07) is 2.75. The van der Waals surface area contributed by atoms with Gasteiger partial charge in [0.25, 0.3) is 11.6 Å². The van der Waals surface area contributed by atoms with Gasteiger partial charge in [0.2, 0.25) is 0 Å². The molecular formula is C13H17FN2O4. The van der Waals surface area contributed by atoms with Gasteiger partial charge in [-0.25, -0.2) is 4.39 Å². The van der Waals surface area contributed by atoms with Gasteiger partial charge in [0.05, 0.1) is 23.1 Å². The van der Waals surface area contributed by atoms with Crippen LogP contribution in [0.4, 0.5) is 10.1 Å². The first kappa shape index (κ1) is 16.0. The van der Waals surface area contributed by atoms with Crippen LogP contribution < -0.4 is 5.32 Å². The number of hydrogen-bond acceptors (Lipinski definition) is 4. The molecule has 7 heteroatoms. The molecule has 0 aromatic heterocycles. The molecule has 0 radical (unpaired) electrons. The molecule has 0 aliphatic heterocycles. The zero-order valence-electron chi connectivity index (χ0n) is 11.4. The SMILES string of the molecule is CCC(CC)(CO)NC(=O)c1ccc(F)cc1[N+](=O)[O-]. The second kappa shape index (κ2) is 6.42. The van der Waals surface area contributed by atoms with E-state index < -0.39 is 27.9 Å².